The van der Waals surface area contributed by atoms with E-state index in [4.69, 9.17) is 9.72 Å². The molecule has 1 N–H and O–H groups in total. The topological polar surface area (TPSA) is 101 Å². The van der Waals surface area contributed by atoms with E-state index in [1.54, 1.807) is 24.3 Å². The van der Waals surface area contributed by atoms with Gasteiger partial charge in [-0.15, -0.1) is 0 Å². The van der Waals surface area contributed by atoms with Gasteiger partial charge in [-0.3, -0.25) is 4.79 Å². The summed E-state index contributed by atoms with van der Waals surface area (Å²) in [5.74, 6) is 0.574. The van der Waals surface area contributed by atoms with E-state index in [1.807, 2.05) is 81.4 Å². The first-order valence-corrected chi connectivity index (χ1v) is 13.0. The summed E-state index contributed by atoms with van der Waals surface area (Å²) < 4.78 is 5.52. The van der Waals surface area contributed by atoms with E-state index in [0.717, 1.165) is 40.8 Å². The van der Waals surface area contributed by atoms with Gasteiger partial charge in [0.1, 0.15) is 11.4 Å². The average molecular weight is 525 g/mol. The third-order valence-electron chi connectivity index (χ3n) is 6.61. The third-order valence-corrected chi connectivity index (χ3v) is 6.61. The SMILES string of the molecule is CN(C(=O)OC(C)(C)C)C1CCN(c2ccc3cc(NC(=O)c4ncc(-c5ccccc5)cn4)ccc3n2)C1. The van der Waals surface area contributed by atoms with Crippen molar-refractivity contribution in [1.82, 2.24) is 19.9 Å². The second kappa shape index (κ2) is 10.7. The molecule has 200 valence electrons. The fourth-order valence-corrected chi connectivity index (χ4v) is 4.53. The molecule has 5 rings (SSSR count). The van der Waals surface area contributed by atoms with Crippen molar-refractivity contribution in [1.29, 1.82) is 0 Å². The van der Waals surface area contributed by atoms with Crippen LogP contribution in [0.1, 0.15) is 37.8 Å². The Morgan fingerprint density at radius 2 is 1.74 bits per heavy atom. The molecule has 3 heterocycles. The summed E-state index contributed by atoms with van der Waals surface area (Å²) in [6.07, 6.45) is 3.83. The van der Waals surface area contributed by atoms with E-state index >= 15 is 0 Å². The summed E-state index contributed by atoms with van der Waals surface area (Å²) in [6, 6.07) is 19.4. The molecule has 0 saturated carbocycles. The van der Waals surface area contributed by atoms with Crippen molar-refractivity contribution in [2.24, 2.45) is 0 Å². The maximum absolute atomic E-state index is 12.7. The van der Waals surface area contributed by atoms with Crippen LogP contribution in [0.3, 0.4) is 0 Å². The first kappa shape index (κ1) is 26.1. The molecule has 1 aliphatic heterocycles. The van der Waals surface area contributed by atoms with Gasteiger partial charge in [0.25, 0.3) is 5.91 Å². The van der Waals surface area contributed by atoms with Crippen LogP contribution in [-0.4, -0.2) is 63.6 Å². The van der Waals surface area contributed by atoms with Gasteiger partial charge in [-0.25, -0.2) is 19.7 Å². The van der Waals surface area contributed by atoms with E-state index in [0.29, 0.717) is 12.2 Å². The van der Waals surface area contributed by atoms with Gasteiger partial charge in [-0.05, 0) is 63.1 Å². The second-order valence-corrected chi connectivity index (χ2v) is 10.7. The molecule has 0 radical (unpaired) electrons. The minimum atomic E-state index is -0.526. The lowest BCUT2D eigenvalue weighted by atomic mass is 10.1. The first-order chi connectivity index (χ1) is 18.7. The summed E-state index contributed by atoms with van der Waals surface area (Å²) >= 11 is 0. The molecule has 9 nitrogen and oxygen atoms in total. The Hall–Kier alpha value is -4.53. The number of ether oxygens (including phenoxy) is 1. The van der Waals surface area contributed by atoms with Crippen LogP contribution in [0, 0.1) is 0 Å². The Kier molecular flexibility index (Phi) is 7.15. The highest BCUT2D eigenvalue weighted by atomic mass is 16.6. The van der Waals surface area contributed by atoms with Crippen molar-refractivity contribution < 1.29 is 14.3 Å². The Balaban J connectivity index is 1.23. The quantitative estimate of drug-likeness (QED) is 0.374. The summed E-state index contributed by atoms with van der Waals surface area (Å²) in [4.78, 5) is 42.4. The molecule has 0 bridgehead atoms. The lowest BCUT2D eigenvalue weighted by Gasteiger charge is -2.28. The molecule has 1 fully saturated rings. The number of hydrogen-bond acceptors (Lipinski definition) is 7. The Morgan fingerprint density at radius 1 is 1.00 bits per heavy atom. The van der Waals surface area contributed by atoms with Gasteiger partial charge in [0.15, 0.2) is 0 Å². The number of nitrogens with one attached hydrogen (secondary N) is 1. The van der Waals surface area contributed by atoms with Gasteiger partial charge in [0.05, 0.1) is 11.6 Å². The van der Waals surface area contributed by atoms with Crippen LogP contribution < -0.4 is 10.2 Å². The number of pyridine rings is 1. The normalized spacial score (nSPS) is 15.3. The summed E-state index contributed by atoms with van der Waals surface area (Å²) in [5.41, 5.74) is 2.77. The molecule has 2 aromatic heterocycles. The molecule has 1 atom stereocenters. The Bertz CT molecular complexity index is 1480. The molecule has 0 spiro atoms. The minimum absolute atomic E-state index is 0.0545. The van der Waals surface area contributed by atoms with Crippen molar-refractivity contribution in [2.45, 2.75) is 38.8 Å². The molecule has 1 unspecified atom stereocenters. The number of aromatic nitrogens is 3. The van der Waals surface area contributed by atoms with Gasteiger partial charge in [-0.1, -0.05) is 30.3 Å². The number of likely N-dealkylation sites (N-methyl/N-ethyl adjacent to an activating group) is 1. The molecule has 39 heavy (non-hydrogen) atoms. The predicted molar refractivity (Wildman–Crippen MR) is 152 cm³/mol. The number of fused-ring (bicyclic) bond motifs is 1. The van der Waals surface area contributed by atoms with Crippen LogP contribution in [0.4, 0.5) is 16.3 Å². The number of nitrogens with zero attached hydrogens (tertiary/aromatic N) is 5. The van der Waals surface area contributed by atoms with Gasteiger partial charge >= 0.3 is 6.09 Å². The van der Waals surface area contributed by atoms with E-state index in [1.165, 1.54) is 0 Å². The number of carbonyl (C=O) groups is 2. The van der Waals surface area contributed by atoms with Crippen LogP contribution >= 0.6 is 0 Å². The van der Waals surface area contributed by atoms with E-state index < -0.39 is 5.60 Å². The molecule has 0 aliphatic carbocycles. The molecule has 2 amide bonds. The minimum Gasteiger partial charge on any atom is -0.444 e. The van der Waals surface area contributed by atoms with Crippen molar-refractivity contribution in [2.75, 3.05) is 30.4 Å². The van der Waals surface area contributed by atoms with E-state index in [9.17, 15) is 9.59 Å². The highest BCUT2D eigenvalue weighted by Gasteiger charge is 2.31. The molecular weight excluding hydrogens is 492 g/mol. The number of rotatable bonds is 5. The molecule has 4 aromatic rings. The van der Waals surface area contributed by atoms with Gasteiger partial charge in [0.2, 0.25) is 5.82 Å². The fourth-order valence-electron chi connectivity index (χ4n) is 4.53. The highest BCUT2D eigenvalue weighted by Crippen LogP contribution is 2.26. The molecule has 1 aliphatic rings. The molecule has 9 heteroatoms. The monoisotopic (exact) mass is 524 g/mol. The number of anilines is 2. The summed E-state index contributed by atoms with van der Waals surface area (Å²) in [6.45, 7) is 7.09. The number of benzene rings is 2. The van der Waals surface area contributed by atoms with Crippen molar-refractivity contribution in [3.8, 4) is 11.1 Å². The molecular formula is C30H32N6O3. The summed E-state index contributed by atoms with van der Waals surface area (Å²) in [7, 11) is 1.79. The largest absolute Gasteiger partial charge is 0.444 e. The number of hydrogen-bond donors (Lipinski definition) is 1. The zero-order chi connectivity index (χ0) is 27.6. The fraction of sp³-hybridized carbons (Fsp3) is 0.300. The van der Waals surface area contributed by atoms with Crippen LogP contribution in [0.2, 0.25) is 0 Å². The molecule has 1 saturated heterocycles. The zero-order valence-corrected chi connectivity index (χ0v) is 22.6. The maximum Gasteiger partial charge on any atom is 0.410 e. The van der Waals surface area contributed by atoms with E-state index in [-0.39, 0.29) is 23.9 Å². The number of carbonyl (C=O) groups excluding carboxylic acids is 2. The van der Waals surface area contributed by atoms with Gasteiger partial charge in [0, 0.05) is 49.2 Å². The predicted octanol–water partition coefficient (Wildman–Crippen LogP) is 5.39. The van der Waals surface area contributed by atoms with Crippen molar-refractivity contribution in [3.05, 3.63) is 78.9 Å². The highest BCUT2D eigenvalue weighted by molar-refractivity contribution is 6.02. The standard InChI is InChI=1S/C30H32N6O3/c1-30(2,3)39-29(38)35(4)24-14-15-36(19-24)26-13-10-21-16-23(11-12-25(21)34-26)33-28(37)27-31-17-22(18-32-27)20-8-6-5-7-9-20/h5-13,16-18,24H,14-15,19H2,1-4H3,(H,33,37). The van der Waals surface area contributed by atoms with Crippen LogP contribution in [0.5, 0.6) is 0 Å². The van der Waals surface area contributed by atoms with Crippen LogP contribution in [-0.2, 0) is 4.74 Å². The smallest absolute Gasteiger partial charge is 0.410 e. The van der Waals surface area contributed by atoms with Gasteiger partial charge in [-0.2, -0.15) is 0 Å². The second-order valence-electron chi connectivity index (χ2n) is 10.7. The van der Waals surface area contributed by atoms with Crippen molar-refractivity contribution >= 4 is 34.4 Å². The van der Waals surface area contributed by atoms with Crippen molar-refractivity contribution in [3.63, 3.8) is 0 Å². The van der Waals surface area contributed by atoms with Crippen LogP contribution in [0.15, 0.2) is 73.1 Å². The number of amides is 2. The summed E-state index contributed by atoms with van der Waals surface area (Å²) in [5, 5.41) is 3.77. The Labute approximate surface area is 227 Å². The zero-order valence-electron chi connectivity index (χ0n) is 22.6. The first-order valence-electron chi connectivity index (χ1n) is 13.0. The lowest BCUT2D eigenvalue weighted by molar-refractivity contribution is 0.0237. The average Bonchev–Trinajstić information content (AvgIpc) is 3.42. The lowest BCUT2D eigenvalue weighted by Crippen LogP contribution is -2.42. The Morgan fingerprint density at radius 3 is 2.46 bits per heavy atom. The van der Waals surface area contributed by atoms with Crippen LogP contribution in [0.25, 0.3) is 22.0 Å². The third kappa shape index (κ3) is 6.14. The maximum atomic E-state index is 12.7. The van der Waals surface area contributed by atoms with Gasteiger partial charge < -0.3 is 19.9 Å². The van der Waals surface area contributed by atoms with E-state index in [2.05, 4.69) is 20.2 Å². The molecule has 2 aromatic carbocycles.